The molecule has 4 nitrogen and oxygen atoms in total. The lowest BCUT2D eigenvalue weighted by Crippen LogP contribution is -2.32. The molecule has 2 N–H and O–H groups in total. The largest absolute Gasteiger partial charge is 0.465 e. The molecule has 0 aliphatic carbocycles. The van der Waals surface area contributed by atoms with E-state index < -0.39 is 11.7 Å². The van der Waals surface area contributed by atoms with Crippen LogP contribution in [0.15, 0.2) is 24.3 Å². The summed E-state index contributed by atoms with van der Waals surface area (Å²) in [7, 11) is 0. The second-order valence-corrected chi connectivity index (χ2v) is 4.66. The number of nitrogens with zero attached hydrogens (tertiary/aromatic N) is 1. The van der Waals surface area contributed by atoms with E-state index in [1.165, 1.54) is 17.0 Å². The molecule has 1 aromatic carbocycles. The Morgan fingerprint density at radius 2 is 1.89 bits per heavy atom. The fourth-order valence-corrected chi connectivity index (χ4v) is 2.36. The molecule has 0 bridgehead atoms. The Morgan fingerprint density at radius 3 is 2.50 bits per heavy atom. The van der Waals surface area contributed by atoms with Gasteiger partial charge in [0.2, 0.25) is 0 Å². The van der Waals surface area contributed by atoms with E-state index >= 15 is 0 Å². The number of carbonyl (C=O) groups is 1. The van der Waals surface area contributed by atoms with Gasteiger partial charge in [0, 0.05) is 13.1 Å². The van der Waals surface area contributed by atoms with Gasteiger partial charge in [0.05, 0.1) is 5.60 Å². The minimum Gasteiger partial charge on any atom is -0.465 e. The maximum absolute atomic E-state index is 12.9. The maximum Gasteiger partial charge on any atom is 0.407 e. The van der Waals surface area contributed by atoms with E-state index in [-0.39, 0.29) is 5.82 Å². The monoisotopic (exact) mass is 253 g/mol. The molecule has 18 heavy (non-hydrogen) atoms. The van der Waals surface area contributed by atoms with Crippen molar-refractivity contribution in [2.24, 2.45) is 0 Å². The van der Waals surface area contributed by atoms with Crippen molar-refractivity contribution in [1.82, 2.24) is 4.90 Å². The van der Waals surface area contributed by atoms with Crippen LogP contribution in [0, 0.1) is 5.82 Å². The molecular weight excluding hydrogens is 237 g/mol. The van der Waals surface area contributed by atoms with Crippen molar-refractivity contribution in [3.05, 3.63) is 35.6 Å². The first kappa shape index (κ1) is 12.8. The van der Waals surface area contributed by atoms with Crippen LogP contribution in [0.25, 0.3) is 0 Å². The second-order valence-electron chi connectivity index (χ2n) is 4.66. The van der Waals surface area contributed by atoms with Crippen molar-refractivity contribution in [3.63, 3.8) is 0 Å². The number of benzene rings is 1. The topological polar surface area (TPSA) is 60.8 Å². The Morgan fingerprint density at radius 1 is 1.22 bits per heavy atom. The molecule has 1 fully saturated rings. The minimum absolute atomic E-state index is 0.295. The van der Waals surface area contributed by atoms with Crippen LogP contribution in [-0.2, 0) is 5.60 Å². The number of carboxylic acid groups (broad SMARTS) is 1. The van der Waals surface area contributed by atoms with Gasteiger partial charge in [-0.15, -0.1) is 0 Å². The van der Waals surface area contributed by atoms with E-state index in [0.717, 1.165) is 0 Å². The summed E-state index contributed by atoms with van der Waals surface area (Å²) in [5.41, 5.74) is -0.408. The highest BCUT2D eigenvalue weighted by atomic mass is 19.1. The first-order valence-electron chi connectivity index (χ1n) is 5.97. The summed E-state index contributed by atoms with van der Waals surface area (Å²) >= 11 is 0. The summed E-state index contributed by atoms with van der Waals surface area (Å²) < 4.78 is 12.9. The molecule has 1 aliphatic heterocycles. The Kier molecular flexibility index (Phi) is 3.52. The predicted octanol–water partition coefficient (Wildman–Crippen LogP) is 2.18. The number of aliphatic hydroxyl groups is 1. The molecule has 1 aliphatic rings. The van der Waals surface area contributed by atoms with E-state index in [2.05, 4.69) is 0 Å². The molecule has 1 amide bonds. The van der Waals surface area contributed by atoms with Crippen molar-refractivity contribution >= 4 is 6.09 Å². The number of likely N-dealkylation sites (tertiary alicyclic amines) is 1. The maximum atomic E-state index is 12.9. The number of amides is 1. The molecule has 1 heterocycles. The molecular formula is C13H16FNO3. The van der Waals surface area contributed by atoms with Gasteiger partial charge >= 0.3 is 6.09 Å². The van der Waals surface area contributed by atoms with Gasteiger partial charge in [-0.1, -0.05) is 12.1 Å². The summed E-state index contributed by atoms with van der Waals surface area (Å²) in [6.45, 7) is 0.724. The van der Waals surface area contributed by atoms with E-state index in [1.54, 1.807) is 12.1 Å². The lowest BCUT2D eigenvalue weighted by Gasteiger charge is -2.27. The van der Waals surface area contributed by atoms with Crippen molar-refractivity contribution in [2.75, 3.05) is 13.1 Å². The third-order valence-corrected chi connectivity index (χ3v) is 3.47. The molecule has 1 unspecified atom stereocenters. The Hall–Kier alpha value is -1.62. The van der Waals surface area contributed by atoms with E-state index in [1.807, 2.05) is 0 Å². The number of halogens is 1. The van der Waals surface area contributed by atoms with Crippen molar-refractivity contribution in [3.8, 4) is 0 Å². The minimum atomic E-state index is -1.06. The fraction of sp³-hybridized carbons (Fsp3) is 0.462. The summed E-state index contributed by atoms with van der Waals surface area (Å²) in [5.74, 6) is -0.344. The molecule has 0 spiro atoms. The second kappa shape index (κ2) is 4.94. The first-order valence-corrected chi connectivity index (χ1v) is 5.97. The standard InChI is InChI=1S/C13H16FNO3/c14-11-4-2-10(3-5-11)13(18)6-1-8-15(9-7-13)12(16)17/h2-5,18H,1,6-9H2,(H,16,17). The molecule has 0 aromatic heterocycles. The highest BCUT2D eigenvalue weighted by Crippen LogP contribution is 2.32. The lowest BCUT2D eigenvalue weighted by molar-refractivity contribution is 0.0215. The van der Waals surface area contributed by atoms with Gasteiger partial charge in [-0.3, -0.25) is 0 Å². The van der Waals surface area contributed by atoms with Gasteiger partial charge in [0.1, 0.15) is 5.82 Å². The number of rotatable bonds is 1. The Labute approximate surface area is 105 Å². The van der Waals surface area contributed by atoms with Gasteiger partial charge in [-0.2, -0.15) is 0 Å². The summed E-state index contributed by atoms with van der Waals surface area (Å²) in [4.78, 5) is 12.2. The first-order chi connectivity index (χ1) is 8.51. The third kappa shape index (κ3) is 2.61. The van der Waals surface area contributed by atoms with Crippen LogP contribution in [0.5, 0.6) is 0 Å². The summed E-state index contributed by atoms with van der Waals surface area (Å²) in [6, 6.07) is 5.75. The number of hydrogen-bond donors (Lipinski definition) is 2. The SMILES string of the molecule is O=C(O)N1CCCC(O)(c2ccc(F)cc2)CC1. The average Bonchev–Trinajstić information content (AvgIpc) is 2.53. The van der Waals surface area contributed by atoms with Gasteiger partial charge in [-0.05, 0) is 37.0 Å². The van der Waals surface area contributed by atoms with Crippen molar-refractivity contribution in [2.45, 2.75) is 24.9 Å². The highest BCUT2D eigenvalue weighted by molar-refractivity contribution is 5.64. The summed E-state index contributed by atoms with van der Waals surface area (Å²) in [6.07, 6.45) is 0.464. The predicted molar refractivity (Wildman–Crippen MR) is 63.7 cm³/mol. The molecule has 5 heteroatoms. The quantitative estimate of drug-likeness (QED) is 0.806. The molecule has 2 rings (SSSR count). The van der Waals surface area contributed by atoms with Crippen LogP contribution in [0.4, 0.5) is 9.18 Å². The average molecular weight is 253 g/mol. The Balaban J connectivity index is 2.16. The zero-order valence-corrected chi connectivity index (χ0v) is 9.97. The van der Waals surface area contributed by atoms with Gasteiger partial charge in [-0.25, -0.2) is 9.18 Å². The van der Waals surface area contributed by atoms with Crippen LogP contribution >= 0.6 is 0 Å². The smallest absolute Gasteiger partial charge is 0.407 e. The van der Waals surface area contributed by atoms with Gasteiger partial charge in [0.15, 0.2) is 0 Å². The van der Waals surface area contributed by atoms with E-state index in [4.69, 9.17) is 5.11 Å². The van der Waals surface area contributed by atoms with Crippen molar-refractivity contribution in [1.29, 1.82) is 0 Å². The molecule has 1 saturated heterocycles. The van der Waals surface area contributed by atoms with Crippen LogP contribution in [0.3, 0.4) is 0 Å². The van der Waals surface area contributed by atoms with Crippen molar-refractivity contribution < 1.29 is 19.4 Å². The highest BCUT2D eigenvalue weighted by Gasteiger charge is 2.32. The normalized spacial score (nSPS) is 24.7. The molecule has 0 radical (unpaired) electrons. The van der Waals surface area contributed by atoms with E-state index in [9.17, 15) is 14.3 Å². The number of hydrogen-bond acceptors (Lipinski definition) is 2. The van der Waals surface area contributed by atoms with Crippen LogP contribution < -0.4 is 0 Å². The zero-order valence-electron chi connectivity index (χ0n) is 9.97. The van der Waals surface area contributed by atoms with Gasteiger partial charge in [0.25, 0.3) is 0 Å². The van der Waals surface area contributed by atoms with E-state index in [0.29, 0.717) is 37.9 Å². The molecule has 0 saturated carbocycles. The van der Waals surface area contributed by atoms with Gasteiger partial charge < -0.3 is 15.1 Å². The Bertz CT molecular complexity index is 434. The fourth-order valence-electron chi connectivity index (χ4n) is 2.36. The molecule has 98 valence electrons. The third-order valence-electron chi connectivity index (χ3n) is 3.47. The van der Waals surface area contributed by atoms with Crippen LogP contribution in [-0.4, -0.2) is 34.3 Å². The van der Waals surface area contributed by atoms with Crippen LogP contribution in [0.1, 0.15) is 24.8 Å². The lowest BCUT2D eigenvalue weighted by atomic mass is 9.87. The summed E-state index contributed by atoms with van der Waals surface area (Å²) in [5, 5.41) is 19.5. The zero-order chi connectivity index (χ0) is 13.2. The molecule has 1 aromatic rings. The molecule has 1 atom stereocenters. The van der Waals surface area contributed by atoms with Crippen LogP contribution in [0.2, 0.25) is 0 Å².